The van der Waals surface area contributed by atoms with Crippen LogP contribution < -0.4 is 5.73 Å². The lowest BCUT2D eigenvalue weighted by Gasteiger charge is -2.07. The van der Waals surface area contributed by atoms with Crippen molar-refractivity contribution in [1.82, 2.24) is 0 Å². The molecule has 0 rings (SSSR count). The number of hydrogen-bond donors (Lipinski definition) is 1. The smallest absolute Gasteiger partial charge is 0.00388 e. The van der Waals surface area contributed by atoms with Crippen LogP contribution in [0.1, 0.15) is 96.8 Å². The lowest BCUT2D eigenvalue weighted by molar-refractivity contribution is 0.519. The van der Waals surface area contributed by atoms with Crippen LogP contribution in [0.4, 0.5) is 0 Å². The zero-order valence-corrected chi connectivity index (χ0v) is 12.8. The quantitative estimate of drug-likeness (QED) is 0.399. The lowest BCUT2D eigenvalue weighted by atomic mass is 10.0. The van der Waals surface area contributed by atoms with E-state index in [-0.39, 0.29) is 0 Å². The molecule has 0 spiro atoms. The fourth-order valence-electron chi connectivity index (χ4n) is 2.39. The van der Waals surface area contributed by atoms with Crippen LogP contribution in [0.15, 0.2) is 0 Å². The predicted molar refractivity (Wildman–Crippen MR) is 83.6 cm³/mol. The Labute approximate surface area is 116 Å². The summed E-state index contributed by atoms with van der Waals surface area (Å²) in [4.78, 5) is 0. The third-order valence-corrected chi connectivity index (χ3v) is 3.80. The molecule has 0 aromatic rings. The van der Waals surface area contributed by atoms with Crippen LogP contribution >= 0.6 is 0 Å². The molecule has 0 aliphatic carbocycles. The zero-order chi connectivity index (χ0) is 13.5. The van der Waals surface area contributed by atoms with Gasteiger partial charge in [0.2, 0.25) is 0 Å². The van der Waals surface area contributed by atoms with Gasteiger partial charge in [-0.15, -0.1) is 0 Å². The van der Waals surface area contributed by atoms with Crippen molar-refractivity contribution in [2.24, 2.45) is 5.73 Å². The monoisotopic (exact) mass is 254 g/mol. The fourth-order valence-corrected chi connectivity index (χ4v) is 2.39. The summed E-state index contributed by atoms with van der Waals surface area (Å²) < 4.78 is 0. The highest BCUT2D eigenvalue weighted by Gasteiger charge is 1.98. The first kappa shape index (κ1) is 18.0. The first-order chi connectivity index (χ1) is 8.81. The van der Waals surface area contributed by atoms with Gasteiger partial charge in [-0.1, -0.05) is 90.9 Å². The van der Waals surface area contributed by atoms with Crippen LogP contribution in [-0.2, 0) is 0 Å². The van der Waals surface area contributed by atoms with E-state index in [1.54, 1.807) is 0 Å². The van der Waals surface area contributed by atoms with Crippen LogP contribution in [-0.4, -0.2) is 6.04 Å². The van der Waals surface area contributed by atoms with Crippen molar-refractivity contribution in [2.75, 3.05) is 0 Å². The van der Waals surface area contributed by atoms with Crippen molar-refractivity contribution in [3.63, 3.8) is 0 Å². The van der Waals surface area contributed by atoms with Gasteiger partial charge in [0.15, 0.2) is 0 Å². The molecular weight excluding hydrogens is 218 g/mol. The second-order valence-electron chi connectivity index (χ2n) is 5.73. The standard InChI is InChI=1S/C17H36N/c1-3-5-6-7-8-9-10-11-12-13-14-15-16-17(18)4-2/h17H,2-16,18H2,1H3. The Bertz CT molecular complexity index is 145. The normalized spacial score (nSPS) is 12.8. The summed E-state index contributed by atoms with van der Waals surface area (Å²) in [5.41, 5.74) is 5.84. The van der Waals surface area contributed by atoms with Crippen LogP contribution in [0.2, 0.25) is 0 Å². The molecule has 0 aromatic carbocycles. The number of nitrogens with two attached hydrogens (primary N) is 1. The summed E-state index contributed by atoms with van der Waals surface area (Å²) in [6, 6.07) is 0.341. The molecule has 2 N–H and O–H groups in total. The van der Waals surface area contributed by atoms with Gasteiger partial charge >= 0.3 is 0 Å². The zero-order valence-electron chi connectivity index (χ0n) is 12.8. The maximum Gasteiger partial charge on any atom is 0.00388 e. The fraction of sp³-hybridized carbons (Fsp3) is 0.941. The van der Waals surface area contributed by atoms with Gasteiger partial charge in [-0.25, -0.2) is 0 Å². The van der Waals surface area contributed by atoms with Crippen LogP contribution in [0, 0.1) is 6.92 Å². The minimum atomic E-state index is 0.341. The molecule has 0 amide bonds. The number of rotatable bonds is 14. The molecule has 1 atom stereocenters. The van der Waals surface area contributed by atoms with Crippen molar-refractivity contribution in [2.45, 2.75) is 103 Å². The Balaban J connectivity index is 2.94. The molecular formula is C17H36N. The van der Waals surface area contributed by atoms with E-state index in [4.69, 9.17) is 5.73 Å². The van der Waals surface area contributed by atoms with E-state index < -0.39 is 0 Å². The summed E-state index contributed by atoms with van der Waals surface area (Å²) in [6.07, 6.45) is 19.0. The van der Waals surface area contributed by atoms with Crippen molar-refractivity contribution in [3.8, 4) is 0 Å². The molecule has 0 bridgehead atoms. The van der Waals surface area contributed by atoms with Gasteiger partial charge in [0.25, 0.3) is 0 Å². The van der Waals surface area contributed by atoms with Gasteiger partial charge in [0.05, 0.1) is 0 Å². The van der Waals surface area contributed by atoms with Gasteiger partial charge in [0.1, 0.15) is 0 Å². The second-order valence-corrected chi connectivity index (χ2v) is 5.73. The van der Waals surface area contributed by atoms with E-state index in [0.29, 0.717) is 6.04 Å². The minimum Gasteiger partial charge on any atom is -0.328 e. The second kappa shape index (κ2) is 15.0. The molecule has 1 nitrogen and oxygen atoms in total. The number of hydrogen-bond acceptors (Lipinski definition) is 1. The Kier molecular flexibility index (Phi) is 15.0. The van der Waals surface area contributed by atoms with E-state index in [1.165, 1.54) is 83.5 Å². The maximum absolute atomic E-state index is 5.84. The molecule has 0 fully saturated rings. The summed E-state index contributed by atoms with van der Waals surface area (Å²) in [6.45, 7) is 6.12. The third-order valence-electron chi connectivity index (χ3n) is 3.80. The van der Waals surface area contributed by atoms with Gasteiger partial charge in [-0.3, -0.25) is 0 Å². The van der Waals surface area contributed by atoms with Crippen molar-refractivity contribution in [3.05, 3.63) is 6.92 Å². The molecule has 0 aliphatic heterocycles. The molecule has 1 radical (unpaired) electrons. The van der Waals surface area contributed by atoms with E-state index in [0.717, 1.165) is 6.42 Å². The molecule has 0 aliphatic rings. The molecule has 0 saturated heterocycles. The molecule has 0 heterocycles. The van der Waals surface area contributed by atoms with E-state index in [2.05, 4.69) is 13.8 Å². The maximum atomic E-state index is 5.84. The van der Waals surface area contributed by atoms with Crippen LogP contribution in [0.3, 0.4) is 0 Å². The average Bonchev–Trinajstić information content (AvgIpc) is 2.39. The van der Waals surface area contributed by atoms with E-state index in [1.807, 2.05) is 0 Å². The SMILES string of the molecule is [CH2]CC(N)CCCCCCCCCCCCCC. The molecule has 0 saturated carbocycles. The van der Waals surface area contributed by atoms with E-state index >= 15 is 0 Å². The predicted octanol–water partition coefficient (Wildman–Crippen LogP) is 5.63. The Morgan fingerprint density at radius 1 is 0.722 bits per heavy atom. The van der Waals surface area contributed by atoms with Gasteiger partial charge < -0.3 is 5.73 Å². The third kappa shape index (κ3) is 14.0. The first-order valence-corrected chi connectivity index (χ1v) is 8.36. The Morgan fingerprint density at radius 2 is 1.11 bits per heavy atom. The summed E-state index contributed by atoms with van der Waals surface area (Å²) in [5.74, 6) is 0. The van der Waals surface area contributed by atoms with Crippen LogP contribution in [0.5, 0.6) is 0 Å². The van der Waals surface area contributed by atoms with Crippen molar-refractivity contribution < 1.29 is 0 Å². The van der Waals surface area contributed by atoms with Crippen molar-refractivity contribution in [1.29, 1.82) is 0 Å². The summed E-state index contributed by atoms with van der Waals surface area (Å²) in [5, 5.41) is 0. The Hall–Kier alpha value is -0.0400. The molecule has 1 unspecified atom stereocenters. The molecule has 1 heteroatoms. The first-order valence-electron chi connectivity index (χ1n) is 8.36. The highest BCUT2D eigenvalue weighted by Crippen LogP contribution is 2.12. The minimum absolute atomic E-state index is 0.341. The lowest BCUT2D eigenvalue weighted by Crippen LogP contribution is -2.17. The molecule has 109 valence electrons. The average molecular weight is 254 g/mol. The van der Waals surface area contributed by atoms with Gasteiger partial charge in [0, 0.05) is 6.04 Å². The van der Waals surface area contributed by atoms with Crippen LogP contribution in [0.25, 0.3) is 0 Å². The largest absolute Gasteiger partial charge is 0.328 e. The highest BCUT2D eigenvalue weighted by molar-refractivity contribution is 4.62. The topological polar surface area (TPSA) is 26.0 Å². The van der Waals surface area contributed by atoms with Gasteiger partial charge in [-0.2, -0.15) is 0 Å². The Morgan fingerprint density at radius 3 is 1.50 bits per heavy atom. The number of unbranched alkanes of at least 4 members (excludes halogenated alkanes) is 11. The van der Waals surface area contributed by atoms with Gasteiger partial charge in [-0.05, 0) is 12.8 Å². The molecule has 0 aromatic heterocycles. The highest BCUT2D eigenvalue weighted by atomic mass is 14.6. The molecule has 18 heavy (non-hydrogen) atoms. The summed E-state index contributed by atoms with van der Waals surface area (Å²) >= 11 is 0. The van der Waals surface area contributed by atoms with Crippen molar-refractivity contribution >= 4 is 0 Å². The van der Waals surface area contributed by atoms with E-state index in [9.17, 15) is 0 Å². The summed E-state index contributed by atoms with van der Waals surface area (Å²) in [7, 11) is 0.